The van der Waals surface area contributed by atoms with Gasteiger partial charge in [-0.1, -0.05) is 6.92 Å². The number of pyridine rings is 1. The maximum atomic E-state index is 13.6. The molecule has 1 fully saturated rings. The van der Waals surface area contributed by atoms with Crippen LogP contribution in [0, 0.1) is 11.7 Å². The quantitative estimate of drug-likeness (QED) is 0.454. The van der Waals surface area contributed by atoms with Crippen molar-refractivity contribution >= 4 is 33.6 Å². The number of nitrogen functional groups attached to an aromatic ring is 2. The van der Waals surface area contributed by atoms with E-state index in [-0.39, 0.29) is 24.4 Å². The highest BCUT2D eigenvalue weighted by molar-refractivity contribution is 5.86. The Morgan fingerprint density at radius 3 is 2.87 bits per heavy atom. The smallest absolute Gasteiger partial charge is 0.165 e. The van der Waals surface area contributed by atoms with E-state index in [1.165, 1.54) is 12.4 Å². The zero-order chi connectivity index (χ0) is 21.7. The first kappa shape index (κ1) is 19.5. The molecule has 1 aliphatic heterocycles. The molecule has 4 atom stereocenters. The lowest BCUT2D eigenvalue weighted by Gasteiger charge is -2.18. The Kier molecular flexibility index (Phi) is 4.60. The Morgan fingerprint density at radius 1 is 1.19 bits per heavy atom. The molecule has 5 rings (SSSR count). The van der Waals surface area contributed by atoms with Gasteiger partial charge in [0.25, 0.3) is 0 Å². The standard InChI is InChI=1S/C21H21FN6O3/c1-10-16(8-30-12-3-2-11-6-14(22)19(24)27-15(11)7-12)31-21(17(10)29)28-5-4-13-18(23)25-9-26-20(13)28/h2-7,9-10,16-17,21,29H,8H2,1H3,(H2,24,27)(H2,23,25,26)/t10-,16+,17+,21+/m0/s1. The van der Waals surface area contributed by atoms with Gasteiger partial charge in [-0.25, -0.2) is 19.3 Å². The van der Waals surface area contributed by atoms with Crippen LogP contribution in [-0.2, 0) is 4.74 Å². The molecule has 0 saturated carbocycles. The zero-order valence-corrected chi connectivity index (χ0v) is 16.6. The molecule has 0 spiro atoms. The van der Waals surface area contributed by atoms with E-state index < -0.39 is 18.1 Å². The van der Waals surface area contributed by atoms with E-state index in [4.69, 9.17) is 20.9 Å². The molecule has 9 nitrogen and oxygen atoms in total. The maximum Gasteiger partial charge on any atom is 0.165 e. The summed E-state index contributed by atoms with van der Waals surface area (Å²) in [4.78, 5) is 12.3. The van der Waals surface area contributed by atoms with Gasteiger partial charge in [0.1, 0.15) is 36.3 Å². The molecule has 0 radical (unpaired) electrons. The van der Waals surface area contributed by atoms with Crippen LogP contribution >= 0.6 is 0 Å². The minimum Gasteiger partial charge on any atom is -0.491 e. The number of aliphatic hydroxyl groups excluding tert-OH is 1. The third-order valence-electron chi connectivity index (χ3n) is 5.73. The Morgan fingerprint density at radius 2 is 2.03 bits per heavy atom. The highest BCUT2D eigenvalue weighted by Crippen LogP contribution is 2.36. The molecule has 0 bridgehead atoms. The van der Waals surface area contributed by atoms with E-state index >= 15 is 0 Å². The molecule has 160 valence electrons. The second-order valence-corrected chi connectivity index (χ2v) is 7.65. The van der Waals surface area contributed by atoms with E-state index in [2.05, 4.69) is 15.0 Å². The van der Waals surface area contributed by atoms with Gasteiger partial charge in [0.2, 0.25) is 0 Å². The number of anilines is 2. The van der Waals surface area contributed by atoms with Crippen molar-refractivity contribution in [2.75, 3.05) is 18.1 Å². The molecule has 4 heterocycles. The molecule has 1 saturated heterocycles. The highest BCUT2D eigenvalue weighted by atomic mass is 19.1. The molecular formula is C21H21FN6O3. The van der Waals surface area contributed by atoms with Gasteiger partial charge in [0.15, 0.2) is 17.9 Å². The largest absolute Gasteiger partial charge is 0.491 e. The second kappa shape index (κ2) is 7.33. The van der Waals surface area contributed by atoms with Crippen LogP contribution in [0.2, 0.25) is 0 Å². The van der Waals surface area contributed by atoms with Gasteiger partial charge in [-0.3, -0.25) is 0 Å². The van der Waals surface area contributed by atoms with Crippen molar-refractivity contribution in [3.63, 3.8) is 0 Å². The predicted octanol–water partition coefficient (Wildman–Crippen LogP) is 2.26. The first-order chi connectivity index (χ1) is 14.9. The van der Waals surface area contributed by atoms with Crippen molar-refractivity contribution in [3.05, 3.63) is 48.7 Å². The number of aliphatic hydroxyl groups is 1. The minimum atomic E-state index is -0.763. The molecule has 0 unspecified atom stereocenters. The fourth-order valence-electron chi connectivity index (χ4n) is 3.88. The zero-order valence-electron chi connectivity index (χ0n) is 16.6. The number of aromatic nitrogens is 4. The van der Waals surface area contributed by atoms with Crippen LogP contribution in [0.25, 0.3) is 21.9 Å². The lowest BCUT2D eigenvalue weighted by molar-refractivity contribution is -0.0458. The van der Waals surface area contributed by atoms with Crippen LogP contribution in [0.4, 0.5) is 16.0 Å². The molecule has 4 aromatic rings. The maximum absolute atomic E-state index is 13.6. The number of nitrogens with two attached hydrogens (primary N) is 2. The summed E-state index contributed by atoms with van der Waals surface area (Å²) in [6.45, 7) is 2.12. The number of hydrogen-bond donors (Lipinski definition) is 3. The van der Waals surface area contributed by atoms with Gasteiger partial charge in [0.05, 0.1) is 17.0 Å². The van der Waals surface area contributed by atoms with Crippen molar-refractivity contribution in [2.45, 2.75) is 25.4 Å². The second-order valence-electron chi connectivity index (χ2n) is 7.65. The number of rotatable bonds is 4. The van der Waals surface area contributed by atoms with Crippen molar-refractivity contribution in [2.24, 2.45) is 5.92 Å². The Balaban J connectivity index is 1.34. The summed E-state index contributed by atoms with van der Waals surface area (Å²) in [7, 11) is 0. The molecule has 1 aliphatic rings. The first-order valence-corrected chi connectivity index (χ1v) is 9.81. The van der Waals surface area contributed by atoms with Crippen LogP contribution in [0.15, 0.2) is 42.9 Å². The van der Waals surface area contributed by atoms with Crippen LogP contribution < -0.4 is 16.2 Å². The summed E-state index contributed by atoms with van der Waals surface area (Å²) in [5.74, 6) is 0.0110. The highest BCUT2D eigenvalue weighted by Gasteiger charge is 2.42. The Hall–Kier alpha value is -3.50. The summed E-state index contributed by atoms with van der Waals surface area (Å²) >= 11 is 0. The predicted molar refractivity (Wildman–Crippen MR) is 113 cm³/mol. The third kappa shape index (κ3) is 3.29. The number of benzene rings is 1. The Bertz CT molecular complexity index is 1280. The van der Waals surface area contributed by atoms with Gasteiger partial charge in [-0.05, 0) is 24.3 Å². The fraction of sp³-hybridized carbons (Fsp3) is 0.286. The lowest BCUT2D eigenvalue weighted by atomic mass is 10.0. The summed E-state index contributed by atoms with van der Waals surface area (Å²) in [6, 6.07) is 8.27. The fourth-order valence-corrected chi connectivity index (χ4v) is 3.88. The van der Waals surface area contributed by atoms with E-state index in [1.54, 1.807) is 35.0 Å². The average Bonchev–Trinajstić information content (AvgIpc) is 3.30. The van der Waals surface area contributed by atoms with Gasteiger partial charge < -0.3 is 30.6 Å². The SMILES string of the molecule is C[C@@H]1[C@@H](O)[C@H](n2ccc3c(N)ncnc32)O[C@@H]1COc1ccc2cc(F)c(N)nc2c1. The van der Waals surface area contributed by atoms with Crippen LogP contribution in [0.3, 0.4) is 0 Å². The monoisotopic (exact) mass is 424 g/mol. The lowest BCUT2D eigenvalue weighted by Crippen LogP contribution is -2.27. The normalized spacial score (nSPS) is 23.6. The van der Waals surface area contributed by atoms with E-state index in [0.717, 1.165) is 0 Å². The molecule has 5 N–H and O–H groups in total. The van der Waals surface area contributed by atoms with Crippen molar-refractivity contribution in [3.8, 4) is 5.75 Å². The molecule has 10 heteroatoms. The summed E-state index contributed by atoms with van der Waals surface area (Å²) < 4.78 is 27.4. The average molecular weight is 424 g/mol. The summed E-state index contributed by atoms with van der Waals surface area (Å²) in [6.07, 6.45) is 1.40. The first-order valence-electron chi connectivity index (χ1n) is 9.81. The van der Waals surface area contributed by atoms with Crippen molar-refractivity contribution < 1.29 is 19.0 Å². The molecule has 0 amide bonds. The van der Waals surface area contributed by atoms with Gasteiger partial charge in [-0.15, -0.1) is 0 Å². The van der Waals surface area contributed by atoms with Gasteiger partial charge in [-0.2, -0.15) is 0 Å². The van der Waals surface area contributed by atoms with Crippen molar-refractivity contribution in [1.82, 2.24) is 19.5 Å². The van der Waals surface area contributed by atoms with Crippen molar-refractivity contribution in [1.29, 1.82) is 0 Å². The third-order valence-corrected chi connectivity index (χ3v) is 5.73. The molecule has 1 aromatic carbocycles. The van der Waals surface area contributed by atoms with E-state index in [1.807, 2.05) is 6.92 Å². The number of fused-ring (bicyclic) bond motifs is 2. The Labute approximate surface area is 176 Å². The number of nitrogens with zero attached hydrogens (tertiary/aromatic N) is 4. The molecule has 3 aromatic heterocycles. The number of hydrogen-bond acceptors (Lipinski definition) is 8. The van der Waals surface area contributed by atoms with Crippen LogP contribution in [0.1, 0.15) is 13.2 Å². The van der Waals surface area contributed by atoms with Crippen LogP contribution in [0.5, 0.6) is 5.75 Å². The number of halogens is 1. The van der Waals surface area contributed by atoms with Gasteiger partial charge >= 0.3 is 0 Å². The van der Waals surface area contributed by atoms with Crippen LogP contribution in [-0.4, -0.2) is 43.4 Å². The minimum absolute atomic E-state index is 0.160. The molecule has 31 heavy (non-hydrogen) atoms. The summed E-state index contributed by atoms with van der Waals surface area (Å²) in [5.41, 5.74) is 12.6. The number of ether oxygens (including phenoxy) is 2. The van der Waals surface area contributed by atoms with E-state index in [9.17, 15) is 9.50 Å². The topological polar surface area (TPSA) is 134 Å². The summed E-state index contributed by atoms with van der Waals surface area (Å²) in [5, 5.41) is 12.1. The van der Waals surface area contributed by atoms with E-state index in [0.29, 0.717) is 33.5 Å². The molecular weight excluding hydrogens is 403 g/mol. The van der Waals surface area contributed by atoms with Gasteiger partial charge in [0, 0.05) is 23.6 Å². The molecule has 0 aliphatic carbocycles.